The molecular formula is C47H75B25Cl2N8NaO14S5. The van der Waals surface area contributed by atoms with E-state index in [9.17, 15) is 37.2 Å². The van der Waals surface area contributed by atoms with Crippen molar-refractivity contribution in [2.45, 2.75) is 118 Å². The summed E-state index contributed by atoms with van der Waals surface area (Å²) in [5, 5.41) is 26.1. The zero-order valence-electron chi connectivity index (χ0n) is 62.4. The van der Waals surface area contributed by atoms with E-state index in [1.54, 1.807) is 59.6 Å². The van der Waals surface area contributed by atoms with Crippen LogP contribution >= 0.6 is 69.3 Å². The second-order valence-electron chi connectivity index (χ2n) is 20.6. The van der Waals surface area contributed by atoms with Crippen molar-refractivity contribution in [3.05, 3.63) is 62.2 Å². The summed E-state index contributed by atoms with van der Waals surface area (Å²) in [4.78, 5) is 91.8. The Morgan fingerprint density at radius 1 is 0.598 bits per heavy atom. The van der Waals surface area contributed by atoms with Crippen LogP contribution in [0.4, 0.5) is 0 Å². The number of aromatic nitrogens is 6. The first-order valence-corrected chi connectivity index (χ1v) is 38.2. The topological polar surface area (TPSA) is 344 Å². The number of nitrogens with zero attached hydrogens (tertiary/aromatic N) is 6. The Balaban J connectivity index is -0.000000209. The number of aryl methyl sites for hydroxylation is 6. The molecule has 3 rings (SSSR count). The standard InChI is InChI=1S/C10H14N2O2S.C9H14O4.C8H11ClN2S.C8H12N2OS.C8H12O4.C2H6N2S.CH3ClO2S.CH3O.B25.Na/c1-5-14-9(13)8-6(2)11-10(15-4)12-7(8)3;1-5-13-9(11)8(6(2)10)7(3)12-4;1-5-7(4-9)6(2)11-8(10-5)12-3;1-5-7(4-11)6(2)10-8(9-5)12-3;1-4-12-8(11)7(5(2)9)6(3)10;1-5-2(3)4;1-5(2,3)4;1-2;1-14-21(15(2)3)24(20(12)13)25(22(16(4)5)17(6)7)23(18(8)9)19(10)11;/h5H2,1-4H3;5H2,1-4H3;4H2,1-3H3;11H,4H2,1-3H3;7H,4H2,1-3H3;1H3,(H3,3,4);1H3;1H3;;/q;;;;;;;-1;;+1/b;8-7+;;;;;;;;. The Kier molecular flexibility index (Phi) is 70.1. The van der Waals surface area contributed by atoms with E-state index in [4.69, 9.17) is 148 Å². The van der Waals surface area contributed by atoms with E-state index in [0.29, 0.717) is 34.6 Å². The number of amidine groups is 1. The van der Waals surface area contributed by atoms with Gasteiger partial charge in [0.15, 0.2) is 43.9 Å². The third-order valence-corrected chi connectivity index (χ3v) is 15.4. The fraction of sp³-hybridized carbons (Fsp3) is 0.553. The number of ketones is 3. The van der Waals surface area contributed by atoms with Crippen LogP contribution in [0.2, 0.25) is 0 Å². The molecule has 3 heterocycles. The van der Waals surface area contributed by atoms with E-state index in [0.717, 1.165) is 57.6 Å². The molecule has 4 N–H and O–H groups in total. The number of carbonyl (C=O) groups is 6. The fourth-order valence-corrected chi connectivity index (χ4v) is 10.3. The maximum Gasteiger partial charge on any atom is 1.00 e. The molecule has 0 spiro atoms. The molecule has 0 saturated heterocycles. The molecule has 0 saturated carbocycles. The molecule has 3 aromatic rings. The number of nitrogens with one attached hydrogen (secondary N) is 1. The van der Waals surface area contributed by atoms with E-state index < -0.39 is 109 Å². The zero-order chi connectivity index (χ0) is 80.7. The summed E-state index contributed by atoms with van der Waals surface area (Å²) in [6.45, 7) is 22.4. The smallest absolute Gasteiger partial charge is 0.857 e. The quantitative estimate of drug-likeness (QED) is 0.00538. The number of esters is 3. The van der Waals surface area contributed by atoms with Gasteiger partial charge < -0.3 is 34.9 Å². The van der Waals surface area contributed by atoms with Crippen molar-refractivity contribution in [3.63, 3.8) is 0 Å². The first-order valence-electron chi connectivity index (χ1n) is 30.1. The van der Waals surface area contributed by atoms with Crippen LogP contribution < -0.4 is 40.4 Å². The number of Topliss-reactive ketones (excluding diaryl/α,β-unsaturated/α-hetero) is 3. The van der Waals surface area contributed by atoms with Gasteiger partial charge in [0.1, 0.15) is 16.9 Å². The molecule has 0 bridgehead atoms. The SMILES string of the molecule is CCOC(=O)/C(C(C)=O)=C(\C)OC.CCOC(=O)C(C(C)=O)C(C)=O.CCOC(=O)c1c(C)nc(SC)nc1C.CS(=O)(=O)Cl.CSC(=N)N.CSc1nc(C)c(CCl)c(C)n1.CSc1nc(C)c(CO)c(C)n1.C[O-].[B][B]B(B([B])[B])B(B([B])[B])B(B(B([B])[B])B([B])[B])B(B([B])[B])B([B])[B].[Na+]. The number of hydrogen-bond acceptors (Lipinski definition) is 25. The number of allylic oxidation sites excluding steroid dienone is 1. The number of alkyl halides is 1. The van der Waals surface area contributed by atoms with Crippen LogP contribution in [0, 0.1) is 52.9 Å². The van der Waals surface area contributed by atoms with Crippen LogP contribution in [0.25, 0.3) is 0 Å². The molecule has 0 aliphatic heterocycles. The van der Waals surface area contributed by atoms with Gasteiger partial charge in [0.2, 0.25) is 9.05 Å². The maximum atomic E-state index is 11.6. The number of aliphatic hydroxyl groups excluding tert-OH is 1. The summed E-state index contributed by atoms with van der Waals surface area (Å²) in [7, 11) is 81.3. The van der Waals surface area contributed by atoms with Crippen molar-refractivity contribution in [2.75, 3.05) is 65.3 Å². The minimum absolute atomic E-state index is 0. The summed E-state index contributed by atoms with van der Waals surface area (Å²) in [5.74, 6) is -3.48. The third-order valence-electron chi connectivity index (χ3n) is 13.1. The maximum absolute atomic E-state index is 11.6. The van der Waals surface area contributed by atoms with Gasteiger partial charge in [-0.2, -0.15) is 7.11 Å². The molecule has 27 radical (unpaired) electrons. The molecule has 3 aromatic heterocycles. The third kappa shape index (κ3) is 47.8. The van der Waals surface area contributed by atoms with Crippen LogP contribution in [0.5, 0.6) is 0 Å². The van der Waals surface area contributed by atoms with E-state index >= 15 is 0 Å². The summed E-state index contributed by atoms with van der Waals surface area (Å²) in [5.41, 5.74) is 12.2. The van der Waals surface area contributed by atoms with Crippen molar-refractivity contribution in [2.24, 2.45) is 11.7 Å². The van der Waals surface area contributed by atoms with Gasteiger partial charge in [-0.1, -0.05) is 47.0 Å². The van der Waals surface area contributed by atoms with Gasteiger partial charge in [-0.25, -0.2) is 47.9 Å². The molecule has 55 heteroatoms. The Morgan fingerprint density at radius 3 is 1.12 bits per heavy atom. The molecule has 0 unspecified atom stereocenters. The molecule has 0 aliphatic rings. The molecule has 507 valence electrons. The number of nitrogens with two attached hydrogens (primary N) is 1. The first-order chi connectivity index (χ1) is 46.7. The van der Waals surface area contributed by atoms with Gasteiger partial charge in [0, 0.05) is 222 Å². The zero-order valence-corrected chi connectivity index (χ0v) is 70.0. The number of hydrogen-bond donors (Lipinski definition) is 3. The van der Waals surface area contributed by atoms with Crippen LogP contribution in [-0.4, -0.2) is 327 Å². The van der Waals surface area contributed by atoms with Gasteiger partial charge in [-0.15, -0.1) is 11.6 Å². The van der Waals surface area contributed by atoms with Gasteiger partial charge in [-0.3, -0.25) is 24.6 Å². The number of halogens is 2. The summed E-state index contributed by atoms with van der Waals surface area (Å²) < 4.78 is 37.8. The van der Waals surface area contributed by atoms with Gasteiger partial charge in [0.05, 0.1) is 57.1 Å². The van der Waals surface area contributed by atoms with E-state index in [-0.39, 0.29) is 77.6 Å². The molecular weight excluding hydrogens is 1430 g/mol. The Labute approximate surface area is 678 Å². The van der Waals surface area contributed by atoms with Crippen molar-refractivity contribution in [1.29, 1.82) is 5.41 Å². The largest absolute Gasteiger partial charge is 1.00 e. The summed E-state index contributed by atoms with van der Waals surface area (Å²) in [6, 6.07) is 0. The van der Waals surface area contributed by atoms with E-state index in [1.165, 1.54) is 70.2 Å². The van der Waals surface area contributed by atoms with Crippen molar-refractivity contribution in [3.8, 4) is 0 Å². The monoisotopic (exact) mass is 1500 g/mol. The summed E-state index contributed by atoms with van der Waals surface area (Å²) in [6.07, 6.45) is -0.697. The van der Waals surface area contributed by atoms with Crippen LogP contribution in [0.15, 0.2) is 26.8 Å². The predicted molar refractivity (Wildman–Crippen MR) is 446 cm³/mol. The number of ether oxygens (including phenoxy) is 4. The van der Waals surface area contributed by atoms with Gasteiger partial charge in [0.25, 0.3) is 0 Å². The van der Waals surface area contributed by atoms with Gasteiger partial charge in [-0.05, 0) is 115 Å². The van der Waals surface area contributed by atoms with Crippen molar-refractivity contribution in [1.82, 2.24) is 29.9 Å². The number of rotatable bonds is 26. The molecule has 0 fully saturated rings. The average Bonchev–Trinajstić information content (AvgIpc) is 0.785. The molecule has 0 amide bonds. The van der Waals surface area contributed by atoms with Crippen LogP contribution in [0.1, 0.15) is 104 Å². The number of methoxy groups -OCH3 is 1. The Hall–Kier alpha value is -1.86. The summed E-state index contributed by atoms with van der Waals surface area (Å²) >= 11 is 11.5. The average molecular weight is 1500 g/mol. The molecule has 0 aliphatic carbocycles. The molecule has 0 atom stereocenters. The molecule has 0 aromatic carbocycles. The molecule has 102 heavy (non-hydrogen) atoms. The number of carbonyl (C=O) groups excluding carboxylic acids is 6. The molecule has 22 nitrogen and oxygen atoms in total. The minimum Gasteiger partial charge on any atom is -0.857 e. The van der Waals surface area contributed by atoms with Crippen LogP contribution in [-0.2, 0) is 64.5 Å². The Morgan fingerprint density at radius 2 is 0.902 bits per heavy atom. The minimum atomic E-state index is -3.19. The van der Waals surface area contributed by atoms with Crippen molar-refractivity contribution >= 4 is 297 Å². The van der Waals surface area contributed by atoms with E-state index in [1.807, 2.05) is 46.5 Å². The normalized spacial score (nSPS) is 9.81. The second-order valence-corrected chi connectivity index (χ2v) is 27.1. The first kappa shape index (κ1) is 113. The Bertz CT molecular complexity index is 2970. The predicted octanol–water partition coefficient (Wildman–Crippen LogP) is -5.86. The fourth-order valence-electron chi connectivity index (χ4n) is 8.57. The van der Waals surface area contributed by atoms with Crippen molar-refractivity contribution < 1.29 is 95.9 Å². The van der Waals surface area contributed by atoms with E-state index in [2.05, 4.69) is 45.3 Å². The van der Waals surface area contributed by atoms with Crippen LogP contribution in [0.3, 0.4) is 0 Å². The van der Waals surface area contributed by atoms with Gasteiger partial charge >= 0.3 is 47.5 Å². The number of thioether (sulfide) groups is 4. The number of aliphatic hydroxyl groups is 1. The second kappa shape index (κ2) is 63.0.